The van der Waals surface area contributed by atoms with Crippen molar-refractivity contribution in [3.8, 4) is 0 Å². The van der Waals surface area contributed by atoms with Crippen molar-refractivity contribution < 1.29 is 4.74 Å². The first-order chi connectivity index (χ1) is 7.75. The van der Waals surface area contributed by atoms with Crippen molar-refractivity contribution in [3.63, 3.8) is 0 Å². The van der Waals surface area contributed by atoms with Crippen molar-refractivity contribution >= 4 is 0 Å². The minimum Gasteiger partial charge on any atom is -0.381 e. The molecule has 1 aliphatic heterocycles. The molecule has 1 aromatic rings. The van der Waals surface area contributed by atoms with Gasteiger partial charge in [0.2, 0.25) is 0 Å². The van der Waals surface area contributed by atoms with Crippen LogP contribution in [0.3, 0.4) is 0 Å². The van der Waals surface area contributed by atoms with Crippen LogP contribution in [0.2, 0.25) is 0 Å². The van der Waals surface area contributed by atoms with Gasteiger partial charge in [-0.15, -0.1) is 0 Å². The van der Waals surface area contributed by atoms with Crippen LogP contribution in [-0.2, 0) is 11.3 Å². The highest BCUT2D eigenvalue weighted by atomic mass is 16.5. The SMILES string of the molecule is Cc1cccc(CNC(C)C2CCOC2)c1. The first kappa shape index (κ1) is 11.6. The Morgan fingerprint density at radius 3 is 3.06 bits per heavy atom. The Hall–Kier alpha value is -0.860. The quantitative estimate of drug-likeness (QED) is 0.840. The molecule has 1 aromatic carbocycles. The summed E-state index contributed by atoms with van der Waals surface area (Å²) in [5, 5.41) is 3.59. The Labute approximate surface area is 98.0 Å². The monoisotopic (exact) mass is 219 g/mol. The highest BCUT2D eigenvalue weighted by Gasteiger charge is 2.21. The maximum absolute atomic E-state index is 5.41. The van der Waals surface area contributed by atoms with Crippen LogP contribution in [0.1, 0.15) is 24.5 Å². The molecule has 1 fully saturated rings. The third-order valence-electron chi connectivity index (χ3n) is 3.38. The predicted octanol–water partition coefficient (Wildman–Crippen LogP) is 2.51. The second kappa shape index (κ2) is 5.46. The molecule has 0 spiro atoms. The number of hydrogen-bond donors (Lipinski definition) is 1. The van der Waals surface area contributed by atoms with Gasteiger partial charge in [0, 0.05) is 19.2 Å². The number of benzene rings is 1. The van der Waals surface area contributed by atoms with E-state index in [0.717, 1.165) is 19.8 Å². The molecular formula is C14H21NO. The predicted molar refractivity (Wildman–Crippen MR) is 66.4 cm³/mol. The molecule has 2 heteroatoms. The lowest BCUT2D eigenvalue weighted by molar-refractivity contribution is 0.178. The van der Waals surface area contributed by atoms with E-state index >= 15 is 0 Å². The second-order valence-electron chi connectivity index (χ2n) is 4.78. The standard InChI is InChI=1S/C14H21NO/c1-11-4-3-5-13(8-11)9-15-12(2)14-6-7-16-10-14/h3-5,8,12,14-15H,6-7,9-10H2,1-2H3. The van der Waals surface area contributed by atoms with Crippen LogP contribution in [0.25, 0.3) is 0 Å². The Balaban J connectivity index is 1.82. The van der Waals surface area contributed by atoms with Gasteiger partial charge in [0.15, 0.2) is 0 Å². The normalized spacial score (nSPS) is 22.2. The van der Waals surface area contributed by atoms with E-state index in [9.17, 15) is 0 Å². The lowest BCUT2D eigenvalue weighted by Gasteiger charge is -2.19. The Kier molecular flexibility index (Phi) is 3.97. The van der Waals surface area contributed by atoms with Crippen molar-refractivity contribution in [2.45, 2.75) is 32.9 Å². The van der Waals surface area contributed by atoms with E-state index in [1.54, 1.807) is 0 Å². The van der Waals surface area contributed by atoms with Crippen molar-refractivity contribution in [3.05, 3.63) is 35.4 Å². The van der Waals surface area contributed by atoms with Gasteiger partial charge in [0.05, 0.1) is 6.61 Å². The lowest BCUT2D eigenvalue weighted by Crippen LogP contribution is -2.33. The molecule has 1 N–H and O–H groups in total. The first-order valence-electron chi connectivity index (χ1n) is 6.12. The maximum Gasteiger partial charge on any atom is 0.0509 e. The molecule has 0 bridgehead atoms. The highest BCUT2D eigenvalue weighted by Crippen LogP contribution is 2.16. The summed E-state index contributed by atoms with van der Waals surface area (Å²) in [4.78, 5) is 0. The summed E-state index contributed by atoms with van der Waals surface area (Å²) in [6.45, 7) is 7.20. The summed E-state index contributed by atoms with van der Waals surface area (Å²) < 4.78 is 5.41. The van der Waals surface area contributed by atoms with Crippen LogP contribution in [0.15, 0.2) is 24.3 Å². The molecule has 0 aliphatic carbocycles. The second-order valence-corrected chi connectivity index (χ2v) is 4.78. The van der Waals surface area contributed by atoms with Gasteiger partial charge in [0.1, 0.15) is 0 Å². The van der Waals surface area contributed by atoms with Gasteiger partial charge in [-0.1, -0.05) is 29.8 Å². The number of hydrogen-bond acceptors (Lipinski definition) is 2. The largest absolute Gasteiger partial charge is 0.381 e. The lowest BCUT2D eigenvalue weighted by atomic mass is 10.0. The molecule has 0 aromatic heterocycles. The smallest absolute Gasteiger partial charge is 0.0509 e. The zero-order valence-corrected chi connectivity index (χ0v) is 10.2. The topological polar surface area (TPSA) is 21.3 Å². The fourth-order valence-electron chi connectivity index (χ4n) is 2.21. The molecule has 2 rings (SSSR count). The Morgan fingerprint density at radius 1 is 1.50 bits per heavy atom. The molecule has 2 atom stereocenters. The van der Waals surface area contributed by atoms with E-state index < -0.39 is 0 Å². The van der Waals surface area contributed by atoms with Crippen LogP contribution < -0.4 is 5.32 Å². The molecule has 1 heterocycles. The van der Waals surface area contributed by atoms with E-state index in [4.69, 9.17) is 4.74 Å². The Morgan fingerprint density at radius 2 is 2.38 bits per heavy atom. The summed E-state index contributed by atoms with van der Waals surface area (Å²) >= 11 is 0. The molecule has 0 radical (unpaired) electrons. The minimum atomic E-state index is 0.544. The summed E-state index contributed by atoms with van der Waals surface area (Å²) in [5.74, 6) is 0.685. The van der Waals surface area contributed by atoms with Crippen LogP contribution in [0.5, 0.6) is 0 Å². The first-order valence-corrected chi connectivity index (χ1v) is 6.12. The van der Waals surface area contributed by atoms with E-state index in [2.05, 4.69) is 43.4 Å². The van der Waals surface area contributed by atoms with Gasteiger partial charge in [-0.05, 0) is 31.7 Å². The molecule has 0 saturated carbocycles. The molecule has 1 saturated heterocycles. The molecule has 2 nitrogen and oxygen atoms in total. The number of rotatable bonds is 4. The number of ether oxygens (including phenoxy) is 1. The summed E-state index contributed by atoms with van der Waals surface area (Å²) in [6, 6.07) is 9.22. The fourth-order valence-corrected chi connectivity index (χ4v) is 2.21. The van der Waals surface area contributed by atoms with Crippen molar-refractivity contribution in [2.24, 2.45) is 5.92 Å². The average Bonchev–Trinajstić information content (AvgIpc) is 2.79. The minimum absolute atomic E-state index is 0.544. The molecule has 16 heavy (non-hydrogen) atoms. The fraction of sp³-hybridized carbons (Fsp3) is 0.571. The average molecular weight is 219 g/mol. The van der Waals surface area contributed by atoms with Gasteiger partial charge < -0.3 is 10.1 Å². The van der Waals surface area contributed by atoms with Crippen molar-refractivity contribution in [1.82, 2.24) is 5.32 Å². The van der Waals surface area contributed by atoms with Gasteiger partial charge >= 0.3 is 0 Å². The van der Waals surface area contributed by atoms with E-state index in [0.29, 0.717) is 12.0 Å². The summed E-state index contributed by atoms with van der Waals surface area (Å²) in [5.41, 5.74) is 2.70. The van der Waals surface area contributed by atoms with Crippen LogP contribution in [0, 0.1) is 12.8 Å². The maximum atomic E-state index is 5.41. The Bertz CT molecular complexity index is 331. The summed E-state index contributed by atoms with van der Waals surface area (Å²) in [6.07, 6.45) is 1.20. The molecule has 1 aliphatic rings. The third-order valence-corrected chi connectivity index (χ3v) is 3.38. The van der Waals surface area contributed by atoms with Crippen molar-refractivity contribution in [1.29, 1.82) is 0 Å². The van der Waals surface area contributed by atoms with E-state index in [-0.39, 0.29) is 0 Å². The van der Waals surface area contributed by atoms with Crippen LogP contribution >= 0.6 is 0 Å². The van der Waals surface area contributed by atoms with Crippen LogP contribution in [-0.4, -0.2) is 19.3 Å². The van der Waals surface area contributed by atoms with Gasteiger partial charge in [-0.25, -0.2) is 0 Å². The zero-order valence-electron chi connectivity index (χ0n) is 10.2. The third kappa shape index (κ3) is 3.06. The molecule has 0 amide bonds. The van der Waals surface area contributed by atoms with Crippen molar-refractivity contribution in [2.75, 3.05) is 13.2 Å². The van der Waals surface area contributed by atoms with Gasteiger partial charge in [-0.3, -0.25) is 0 Å². The van der Waals surface area contributed by atoms with Gasteiger partial charge in [0.25, 0.3) is 0 Å². The highest BCUT2D eigenvalue weighted by molar-refractivity contribution is 5.22. The molecule has 2 unspecified atom stereocenters. The number of nitrogens with one attached hydrogen (secondary N) is 1. The molecular weight excluding hydrogens is 198 g/mol. The zero-order chi connectivity index (χ0) is 11.4. The number of aryl methyl sites for hydroxylation is 1. The van der Waals surface area contributed by atoms with E-state index in [1.165, 1.54) is 17.5 Å². The van der Waals surface area contributed by atoms with Crippen LogP contribution in [0.4, 0.5) is 0 Å². The molecule has 88 valence electrons. The van der Waals surface area contributed by atoms with Gasteiger partial charge in [-0.2, -0.15) is 0 Å². The van der Waals surface area contributed by atoms with E-state index in [1.807, 2.05) is 0 Å². The summed E-state index contributed by atoms with van der Waals surface area (Å²) in [7, 11) is 0.